The first-order chi connectivity index (χ1) is 36.4. The molecule has 0 aromatic rings. The monoisotopic (exact) mass is 1200 g/mol. The Balaban J connectivity index is 1.68. The molecule has 16 atom stereocenters. The number of methoxy groups -OCH3 is 3. The maximum atomic E-state index is 14.6. The summed E-state index contributed by atoms with van der Waals surface area (Å²) in [4.78, 5) is 98.0. The molecule has 3 aliphatic heterocycles. The van der Waals surface area contributed by atoms with E-state index in [0.717, 1.165) is 10.5 Å². The summed E-state index contributed by atoms with van der Waals surface area (Å²) in [5, 5.41) is 33.7. The average molecular weight is 1200 g/mol. The minimum Gasteiger partial charge on any atom is -0.464 e. The number of allylic oxidation sites excluding steroid dienone is 6. The molecule has 0 radical (unpaired) electrons. The summed E-state index contributed by atoms with van der Waals surface area (Å²) >= 11 is 1.84. The number of rotatable bonds is 12. The van der Waals surface area contributed by atoms with Gasteiger partial charge in [0.25, 0.3) is 11.7 Å². The molecule has 4 aliphatic rings. The van der Waals surface area contributed by atoms with E-state index in [0.29, 0.717) is 63.4 Å². The zero-order valence-electron chi connectivity index (χ0n) is 47.2. The molecule has 0 aromatic heterocycles. The Bertz CT molecular complexity index is 2160. The number of esters is 3. The van der Waals surface area contributed by atoms with Crippen molar-refractivity contribution in [3.8, 4) is 0 Å². The maximum absolute atomic E-state index is 14.6. The van der Waals surface area contributed by atoms with Gasteiger partial charge in [0.1, 0.15) is 48.3 Å². The Morgan fingerprint density at radius 3 is 2.26 bits per heavy atom. The molecule has 3 heterocycles. The van der Waals surface area contributed by atoms with Crippen LogP contribution < -0.4 is 0 Å². The number of hydrogen-bond acceptors (Lipinski definition) is 17. The van der Waals surface area contributed by atoms with Gasteiger partial charge in [0.15, 0.2) is 5.78 Å². The topological polar surface area (TPSA) is 248 Å². The number of amides is 1. The van der Waals surface area contributed by atoms with Crippen molar-refractivity contribution in [1.29, 1.82) is 0 Å². The van der Waals surface area contributed by atoms with Crippen molar-refractivity contribution in [2.75, 3.05) is 45.5 Å². The van der Waals surface area contributed by atoms with Crippen LogP contribution in [0.5, 0.6) is 0 Å². The summed E-state index contributed by atoms with van der Waals surface area (Å²) in [5.74, 6) is -10.0. The van der Waals surface area contributed by atoms with Crippen LogP contribution in [-0.2, 0) is 66.7 Å². The smallest absolute Gasteiger partial charge is 0.329 e. The number of ketones is 3. The second kappa shape index (κ2) is 30.8. The molecule has 0 aromatic carbocycles. The molecule has 0 spiro atoms. The van der Waals surface area contributed by atoms with E-state index in [9.17, 15) is 48.9 Å². The first kappa shape index (κ1) is 65.8. The highest BCUT2D eigenvalue weighted by Crippen LogP contribution is 2.39. The third kappa shape index (κ3) is 17.9. The predicted molar refractivity (Wildman–Crippen MR) is 294 cm³/mol. The van der Waals surface area contributed by atoms with Gasteiger partial charge < -0.3 is 53.4 Å². The fraction of sp³-hybridized carbons (Fsp3) is 0.741. The summed E-state index contributed by atoms with van der Waals surface area (Å²) in [5.41, 5.74) is -0.301. The summed E-state index contributed by atoms with van der Waals surface area (Å²) in [7, 11) is 4.42. The minimum absolute atomic E-state index is 0.0133. The van der Waals surface area contributed by atoms with Crippen LogP contribution in [0, 0.1) is 40.9 Å². The number of ether oxygens (including phenoxy) is 7. The number of aliphatic hydroxyl groups excluding tert-OH is 2. The van der Waals surface area contributed by atoms with Gasteiger partial charge in [0.2, 0.25) is 5.79 Å². The molecular weight excluding hydrogens is 1110 g/mol. The molecule has 2 saturated heterocycles. The van der Waals surface area contributed by atoms with Crippen molar-refractivity contribution in [2.45, 2.75) is 187 Å². The van der Waals surface area contributed by atoms with Crippen molar-refractivity contribution in [1.82, 2.24) is 4.90 Å². The molecule has 4 rings (SSSR count). The van der Waals surface area contributed by atoms with E-state index in [4.69, 9.17) is 33.2 Å². The first-order valence-electron chi connectivity index (χ1n) is 27.4. The molecule has 3 fully saturated rings. The number of nitrogens with zero attached hydrogens (tertiary/aromatic N) is 1. The Labute approximate surface area is 469 Å². The second-order valence-electron chi connectivity index (χ2n) is 22.5. The van der Waals surface area contributed by atoms with Crippen molar-refractivity contribution in [3.63, 3.8) is 0 Å². The van der Waals surface area contributed by atoms with E-state index in [1.54, 1.807) is 40.9 Å². The van der Waals surface area contributed by atoms with Crippen LogP contribution in [0.25, 0.3) is 0 Å². The van der Waals surface area contributed by atoms with Crippen LogP contribution in [0.15, 0.2) is 47.6 Å². The first-order valence-corrected chi connectivity index (χ1v) is 28.9. The lowest BCUT2D eigenvalue weighted by molar-refractivity contribution is -0.265. The van der Waals surface area contributed by atoms with Gasteiger partial charge in [-0.3, -0.25) is 28.8 Å². The molecule has 18 nitrogen and oxygen atoms in total. The van der Waals surface area contributed by atoms with Crippen molar-refractivity contribution in [2.24, 2.45) is 40.9 Å². The highest BCUT2D eigenvalue weighted by Gasteiger charge is 2.53. The van der Waals surface area contributed by atoms with Gasteiger partial charge in [-0.1, -0.05) is 93.7 Å². The molecule has 3 N–H and O–H groups in total. The summed E-state index contributed by atoms with van der Waals surface area (Å²) in [6.07, 6.45) is 9.48. The van der Waals surface area contributed by atoms with Crippen LogP contribution in [0.4, 0.5) is 0 Å². The molecule has 2 unspecified atom stereocenters. The zero-order chi connectivity index (χ0) is 57.4. The van der Waals surface area contributed by atoms with Gasteiger partial charge in [-0.25, -0.2) is 4.79 Å². The fourth-order valence-corrected chi connectivity index (χ4v) is 11.2. The Morgan fingerprint density at radius 1 is 0.896 bits per heavy atom. The van der Waals surface area contributed by atoms with E-state index in [1.807, 2.05) is 73.7 Å². The third-order valence-corrected chi connectivity index (χ3v) is 16.8. The summed E-state index contributed by atoms with van der Waals surface area (Å²) in [6, 6.07) is -1.21. The number of halogens is 1. The number of piperidine rings is 1. The molecule has 1 amide bonds. The fourth-order valence-electron chi connectivity index (χ4n) is 11.0. The van der Waals surface area contributed by atoms with E-state index >= 15 is 0 Å². The van der Waals surface area contributed by atoms with Gasteiger partial charge in [-0.15, -0.1) is 0 Å². The highest BCUT2D eigenvalue weighted by atomic mass is 127. The zero-order valence-corrected chi connectivity index (χ0v) is 49.4. The van der Waals surface area contributed by atoms with Crippen LogP contribution in [0.3, 0.4) is 0 Å². The Kier molecular flexibility index (Phi) is 26.3. The number of carbonyl (C=O) groups is 7. The quantitative estimate of drug-likeness (QED) is 0.0459. The van der Waals surface area contributed by atoms with Crippen molar-refractivity contribution in [3.05, 3.63) is 47.6 Å². The summed E-state index contributed by atoms with van der Waals surface area (Å²) in [6.45, 7) is 13.0. The number of fused-ring (bicyclic) bond motifs is 3. The molecule has 1 saturated carbocycles. The van der Waals surface area contributed by atoms with Crippen molar-refractivity contribution >= 4 is 63.8 Å². The molecule has 77 heavy (non-hydrogen) atoms. The van der Waals surface area contributed by atoms with E-state index in [2.05, 4.69) is 0 Å². The van der Waals surface area contributed by atoms with Crippen molar-refractivity contribution < 1.29 is 82.0 Å². The molecule has 434 valence electrons. The van der Waals surface area contributed by atoms with E-state index in [1.165, 1.54) is 21.1 Å². The van der Waals surface area contributed by atoms with Crippen LogP contribution in [-0.4, -0.2) is 161 Å². The molecule has 19 heteroatoms. The number of aliphatic hydroxyl groups is 3. The Hall–Kier alpha value is -3.70. The third-order valence-electron chi connectivity index (χ3n) is 16.2. The van der Waals surface area contributed by atoms with Gasteiger partial charge in [-0.05, 0) is 114 Å². The largest absolute Gasteiger partial charge is 0.464 e. The van der Waals surface area contributed by atoms with Gasteiger partial charge in [0.05, 0.1) is 29.3 Å². The highest BCUT2D eigenvalue weighted by molar-refractivity contribution is 14.1. The van der Waals surface area contributed by atoms with Gasteiger partial charge in [-0.2, -0.15) is 0 Å². The lowest BCUT2D eigenvalue weighted by atomic mass is 9.78. The summed E-state index contributed by atoms with van der Waals surface area (Å²) < 4.78 is 40.9. The molecular formula is C58H88INO17. The average Bonchev–Trinajstić information content (AvgIpc) is 3.41. The standard InChI is InChI=1S/C58H88INO17/c1-34-17-13-12-14-18-35(2)46(71-9)29-42-22-20-40(7)58(70,77-42)53(66)54(67)60-24-16-15-19-43(60)55(68)75-47(30-44(62)36(3)26-39(6)51(65)52(73-11)50(64)38(5)25-34)37(4)27-41-21-23-45(48(28-41)72-10)76-56(69)57(8,32-61)33-74-49(63)31-59/h12-14,17-18,26,34,36-38,40-43,45-48,51-52,61,65,70H,15-16,19-25,27-33H2,1-11H3/b14-12?,17-13-,35-18?,39-26+/t34-,36+,37+,38+,40+,41-,42-,43-,45+,46-,47?,48+,51+,52-,57?,58+/m0/s1. The maximum Gasteiger partial charge on any atom is 0.329 e. The van der Waals surface area contributed by atoms with Gasteiger partial charge >= 0.3 is 17.9 Å². The lowest BCUT2D eigenvalue weighted by Gasteiger charge is -2.42. The molecule has 1 aliphatic carbocycles. The van der Waals surface area contributed by atoms with E-state index in [-0.39, 0.29) is 60.2 Å². The van der Waals surface area contributed by atoms with Crippen LogP contribution in [0.2, 0.25) is 0 Å². The second-order valence-corrected chi connectivity index (χ2v) is 23.2. The van der Waals surface area contributed by atoms with Crippen LogP contribution in [0.1, 0.15) is 132 Å². The normalized spacial score (nSPS) is 35.5. The predicted octanol–water partition coefficient (Wildman–Crippen LogP) is 6.71. The van der Waals surface area contributed by atoms with E-state index < -0.39 is 120 Å². The lowest BCUT2D eigenvalue weighted by Crippen LogP contribution is -2.61. The number of alkyl halides is 1. The van der Waals surface area contributed by atoms with Gasteiger partial charge in [0, 0.05) is 58.5 Å². The number of carbonyl (C=O) groups excluding carboxylic acids is 7. The Morgan fingerprint density at radius 2 is 1.61 bits per heavy atom. The minimum atomic E-state index is -2.48. The SMILES string of the molecule is CO[C@H]1C[C@@H]2CC[C@@H](C)[C@@](O)(O2)C(=O)C(=O)N2CCCC[C@H]2C(=O)OC([C@H](C)C[C@@H]2CC[C@@H](OC(=O)C(C)(CO)COC(=O)CI)[C@H](OC)C2)CC(=O)[C@H](C)/C=C(\C)[C@@H](O)[C@@H](OC)C(=O)[C@H](C)C[C@@H](C)/C=C\C=CC=C1C. The number of hydrogen-bond donors (Lipinski definition) is 3. The number of Topliss-reactive ketones (excluding diaryl/α,β-unsaturated/α-hetero) is 3. The van der Waals surface area contributed by atoms with Crippen LogP contribution >= 0.6 is 22.6 Å². The number of cyclic esters (lactones) is 1. The molecule has 2 bridgehead atoms.